The van der Waals surface area contributed by atoms with Crippen molar-refractivity contribution in [1.82, 2.24) is 5.32 Å². The summed E-state index contributed by atoms with van der Waals surface area (Å²) in [5.74, 6) is 0.683. The summed E-state index contributed by atoms with van der Waals surface area (Å²) in [4.78, 5) is 14.3. The summed E-state index contributed by atoms with van der Waals surface area (Å²) in [5.41, 5.74) is 1.21. The molecule has 0 radical (unpaired) electrons. The molecule has 1 aromatic carbocycles. The molecule has 23 heavy (non-hydrogen) atoms. The molecule has 0 aliphatic carbocycles. The summed E-state index contributed by atoms with van der Waals surface area (Å²) in [6.45, 7) is 3.66. The van der Waals surface area contributed by atoms with E-state index in [0.29, 0.717) is 18.4 Å². The van der Waals surface area contributed by atoms with Crippen molar-refractivity contribution >= 4 is 23.2 Å². The fourth-order valence-electron chi connectivity index (χ4n) is 3.40. The van der Waals surface area contributed by atoms with E-state index in [1.807, 2.05) is 12.1 Å². The number of nitrogens with zero attached hydrogens (tertiary/aromatic N) is 1. The molecule has 0 spiro atoms. The third kappa shape index (κ3) is 4.85. The molecule has 5 heteroatoms. The molecule has 3 rings (SSSR count). The van der Waals surface area contributed by atoms with E-state index in [2.05, 4.69) is 22.3 Å². The Bertz CT molecular complexity index is 514. The van der Waals surface area contributed by atoms with E-state index < -0.39 is 0 Å². The Kier molecular flexibility index (Phi) is 5.79. The highest BCUT2D eigenvalue weighted by Gasteiger charge is 2.23. The van der Waals surface area contributed by atoms with Crippen LogP contribution in [0.4, 0.5) is 5.69 Å². The van der Waals surface area contributed by atoms with Gasteiger partial charge in [-0.2, -0.15) is 0 Å². The molecule has 1 N–H and O–H groups in total. The molecule has 2 fully saturated rings. The van der Waals surface area contributed by atoms with Crippen molar-refractivity contribution in [3.8, 4) is 0 Å². The molecule has 2 heterocycles. The number of ether oxygens (including phenoxy) is 1. The number of anilines is 1. The number of rotatable bonds is 6. The van der Waals surface area contributed by atoms with Crippen LogP contribution in [0.5, 0.6) is 0 Å². The Balaban J connectivity index is 1.36. The second-order valence-corrected chi connectivity index (χ2v) is 6.99. The summed E-state index contributed by atoms with van der Waals surface area (Å²) in [7, 11) is 0. The zero-order valence-corrected chi connectivity index (χ0v) is 14.2. The first kappa shape index (κ1) is 16.6. The first-order valence-corrected chi connectivity index (χ1v) is 8.97. The Morgan fingerprint density at radius 1 is 1.30 bits per heavy atom. The molecule has 1 aromatic rings. The molecule has 2 aliphatic heterocycles. The van der Waals surface area contributed by atoms with Gasteiger partial charge in [-0.1, -0.05) is 11.6 Å². The lowest BCUT2D eigenvalue weighted by atomic mass is 10.1. The molecule has 0 unspecified atom stereocenters. The Labute approximate surface area is 143 Å². The monoisotopic (exact) mass is 336 g/mol. The smallest absolute Gasteiger partial charge is 0.220 e. The minimum absolute atomic E-state index is 0.158. The van der Waals surface area contributed by atoms with Crippen LogP contribution in [-0.2, 0) is 9.53 Å². The SMILES string of the molecule is O=C(CC[C@H]1CCCO1)NC[C@@H]1CCN(c2ccc(Cl)cc2)C1. The third-order valence-corrected chi connectivity index (χ3v) is 5.03. The van der Waals surface area contributed by atoms with Crippen molar-refractivity contribution in [3.63, 3.8) is 0 Å². The van der Waals surface area contributed by atoms with Gasteiger partial charge in [0.15, 0.2) is 0 Å². The van der Waals surface area contributed by atoms with E-state index in [1.165, 1.54) is 5.69 Å². The minimum Gasteiger partial charge on any atom is -0.378 e. The molecule has 1 amide bonds. The predicted octanol–water partition coefficient (Wildman–Crippen LogP) is 3.24. The summed E-state index contributed by atoms with van der Waals surface area (Å²) in [6.07, 6.45) is 5.09. The maximum atomic E-state index is 12.0. The van der Waals surface area contributed by atoms with E-state index in [4.69, 9.17) is 16.3 Å². The molecule has 2 atom stereocenters. The van der Waals surface area contributed by atoms with E-state index in [1.54, 1.807) is 0 Å². The van der Waals surface area contributed by atoms with Crippen LogP contribution in [0.15, 0.2) is 24.3 Å². The van der Waals surface area contributed by atoms with Crippen molar-refractivity contribution in [1.29, 1.82) is 0 Å². The molecule has 2 saturated heterocycles. The van der Waals surface area contributed by atoms with Gasteiger partial charge in [0.2, 0.25) is 5.91 Å². The van der Waals surface area contributed by atoms with E-state index in [0.717, 1.165) is 56.9 Å². The lowest BCUT2D eigenvalue weighted by Crippen LogP contribution is -2.31. The van der Waals surface area contributed by atoms with Gasteiger partial charge >= 0.3 is 0 Å². The molecule has 0 aromatic heterocycles. The van der Waals surface area contributed by atoms with Crippen molar-refractivity contribution in [3.05, 3.63) is 29.3 Å². The Morgan fingerprint density at radius 3 is 2.87 bits per heavy atom. The largest absolute Gasteiger partial charge is 0.378 e. The number of hydrogen-bond donors (Lipinski definition) is 1. The van der Waals surface area contributed by atoms with Crippen LogP contribution in [0.2, 0.25) is 5.02 Å². The number of carbonyl (C=O) groups excluding carboxylic acids is 1. The first-order valence-electron chi connectivity index (χ1n) is 8.59. The van der Waals surface area contributed by atoms with Crippen LogP contribution in [0, 0.1) is 5.92 Å². The number of nitrogens with one attached hydrogen (secondary N) is 1. The quantitative estimate of drug-likeness (QED) is 0.867. The average Bonchev–Trinajstić information content (AvgIpc) is 3.23. The molecule has 4 nitrogen and oxygen atoms in total. The number of carbonyl (C=O) groups is 1. The van der Waals surface area contributed by atoms with Gasteiger partial charge in [0.25, 0.3) is 0 Å². The fourth-order valence-corrected chi connectivity index (χ4v) is 3.52. The number of halogens is 1. The minimum atomic E-state index is 0.158. The molecule has 0 saturated carbocycles. The zero-order chi connectivity index (χ0) is 16.1. The predicted molar refractivity (Wildman–Crippen MR) is 93.0 cm³/mol. The van der Waals surface area contributed by atoms with Crippen molar-refractivity contribution < 1.29 is 9.53 Å². The van der Waals surface area contributed by atoms with Gasteiger partial charge < -0.3 is 15.0 Å². The van der Waals surface area contributed by atoms with Gasteiger partial charge in [-0.25, -0.2) is 0 Å². The van der Waals surface area contributed by atoms with Crippen LogP contribution < -0.4 is 10.2 Å². The zero-order valence-electron chi connectivity index (χ0n) is 13.5. The summed E-state index contributed by atoms with van der Waals surface area (Å²) in [5, 5.41) is 3.85. The number of amides is 1. The van der Waals surface area contributed by atoms with Crippen LogP contribution in [0.25, 0.3) is 0 Å². The third-order valence-electron chi connectivity index (χ3n) is 4.78. The number of benzene rings is 1. The fraction of sp³-hybridized carbons (Fsp3) is 0.611. The molecular weight excluding hydrogens is 312 g/mol. The van der Waals surface area contributed by atoms with Gasteiger partial charge in [-0.05, 0) is 55.9 Å². The van der Waals surface area contributed by atoms with Crippen LogP contribution in [0.1, 0.15) is 32.1 Å². The van der Waals surface area contributed by atoms with Crippen LogP contribution >= 0.6 is 11.6 Å². The van der Waals surface area contributed by atoms with Gasteiger partial charge in [-0.3, -0.25) is 4.79 Å². The molecule has 126 valence electrons. The standard InChI is InChI=1S/C18H25ClN2O2/c19-15-3-5-16(6-4-15)21-10-9-14(13-21)12-20-18(22)8-7-17-2-1-11-23-17/h3-6,14,17H,1-2,7-13H2,(H,20,22)/t14-,17+/m0/s1. The van der Waals surface area contributed by atoms with Crippen LogP contribution in [-0.4, -0.2) is 38.3 Å². The average molecular weight is 337 g/mol. The van der Waals surface area contributed by atoms with E-state index in [-0.39, 0.29) is 5.91 Å². The second-order valence-electron chi connectivity index (χ2n) is 6.55. The normalized spacial score (nSPS) is 24.1. The summed E-state index contributed by atoms with van der Waals surface area (Å²) >= 11 is 5.93. The maximum Gasteiger partial charge on any atom is 0.220 e. The van der Waals surface area contributed by atoms with Crippen molar-refractivity contribution in [2.75, 3.05) is 31.1 Å². The lowest BCUT2D eigenvalue weighted by molar-refractivity contribution is -0.121. The molecular formula is C18H25ClN2O2. The number of hydrogen-bond acceptors (Lipinski definition) is 3. The molecule has 2 aliphatic rings. The van der Waals surface area contributed by atoms with E-state index in [9.17, 15) is 4.79 Å². The second kappa shape index (κ2) is 8.02. The highest BCUT2D eigenvalue weighted by molar-refractivity contribution is 6.30. The van der Waals surface area contributed by atoms with Crippen LogP contribution in [0.3, 0.4) is 0 Å². The van der Waals surface area contributed by atoms with Gasteiger partial charge in [0.1, 0.15) is 0 Å². The van der Waals surface area contributed by atoms with Crippen molar-refractivity contribution in [2.24, 2.45) is 5.92 Å². The highest BCUT2D eigenvalue weighted by Crippen LogP contribution is 2.25. The first-order chi connectivity index (χ1) is 11.2. The van der Waals surface area contributed by atoms with Crippen molar-refractivity contribution in [2.45, 2.75) is 38.2 Å². The topological polar surface area (TPSA) is 41.6 Å². The van der Waals surface area contributed by atoms with Gasteiger partial charge in [0.05, 0.1) is 6.10 Å². The highest BCUT2D eigenvalue weighted by atomic mass is 35.5. The van der Waals surface area contributed by atoms with Gasteiger partial charge in [-0.15, -0.1) is 0 Å². The van der Waals surface area contributed by atoms with E-state index >= 15 is 0 Å². The Hall–Kier alpha value is -1.26. The Morgan fingerprint density at radius 2 is 2.13 bits per heavy atom. The maximum absolute atomic E-state index is 12.0. The lowest BCUT2D eigenvalue weighted by Gasteiger charge is -2.19. The molecule has 0 bridgehead atoms. The summed E-state index contributed by atoms with van der Waals surface area (Å²) in [6, 6.07) is 7.98. The summed E-state index contributed by atoms with van der Waals surface area (Å²) < 4.78 is 5.56. The van der Waals surface area contributed by atoms with Gasteiger partial charge in [0, 0.05) is 43.4 Å².